The molecular weight excluding hydrogens is 516 g/mol. The Labute approximate surface area is 214 Å². The van der Waals surface area contributed by atoms with Gasteiger partial charge >= 0.3 is 18.4 Å². The van der Waals surface area contributed by atoms with Crippen LogP contribution in [0.5, 0.6) is 0 Å². The Morgan fingerprint density at radius 1 is 0.842 bits per heavy atom. The van der Waals surface area contributed by atoms with Crippen molar-refractivity contribution < 1.29 is 31.1 Å². The van der Waals surface area contributed by atoms with Gasteiger partial charge in [-0.05, 0) is 50.9 Å². The van der Waals surface area contributed by atoms with Crippen molar-refractivity contribution in [2.45, 2.75) is 69.4 Å². The minimum Gasteiger partial charge on any atom is -0.323 e. The number of halogens is 6. The molecule has 2 aromatic rings. The van der Waals surface area contributed by atoms with Crippen LogP contribution in [0.2, 0.25) is 0 Å². The molecule has 5 fully saturated rings. The Bertz CT molecular complexity index is 1250. The quantitative estimate of drug-likeness (QED) is 0.531. The van der Waals surface area contributed by atoms with Crippen molar-refractivity contribution in [1.82, 2.24) is 34.3 Å². The predicted octanol–water partition coefficient (Wildman–Crippen LogP) is 4.56. The molecular formula is C24H27F6N7O. The lowest BCUT2D eigenvalue weighted by molar-refractivity contribution is -0.145. The third kappa shape index (κ3) is 3.96. The first-order valence-corrected chi connectivity index (χ1v) is 13.0. The average Bonchev–Trinajstić information content (AvgIpc) is 3.26. The van der Waals surface area contributed by atoms with Gasteiger partial charge in [0.1, 0.15) is 6.33 Å². The highest BCUT2D eigenvalue weighted by Gasteiger charge is 2.59. The summed E-state index contributed by atoms with van der Waals surface area (Å²) in [5, 5.41) is 7.39. The van der Waals surface area contributed by atoms with Crippen molar-refractivity contribution in [2.75, 3.05) is 26.2 Å². The Hall–Kier alpha value is -2.80. The van der Waals surface area contributed by atoms with Gasteiger partial charge in [0.25, 0.3) is 5.82 Å². The van der Waals surface area contributed by atoms with Crippen molar-refractivity contribution in [1.29, 1.82) is 0 Å². The van der Waals surface area contributed by atoms with Gasteiger partial charge < -0.3 is 9.80 Å². The number of aromatic nitrogens is 5. The van der Waals surface area contributed by atoms with Crippen LogP contribution in [0.3, 0.4) is 0 Å². The molecule has 14 heteroatoms. The number of alkyl halides is 6. The van der Waals surface area contributed by atoms with Gasteiger partial charge in [-0.3, -0.25) is 4.68 Å². The number of carbonyl (C=O) groups is 1. The van der Waals surface area contributed by atoms with Crippen molar-refractivity contribution in [3.63, 3.8) is 0 Å². The number of hydrogen-bond donors (Lipinski definition) is 0. The van der Waals surface area contributed by atoms with E-state index in [1.807, 2.05) is 0 Å². The van der Waals surface area contributed by atoms with Crippen LogP contribution in [0.15, 0.2) is 12.5 Å². The Morgan fingerprint density at radius 3 is 1.97 bits per heavy atom. The third-order valence-corrected chi connectivity index (χ3v) is 9.07. The lowest BCUT2D eigenvalue weighted by atomic mass is 9.56. The van der Waals surface area contributed by atoms with E-state index < -0.39 is 23.9 Å². The topological polar surface area (TPSA) is 72.1 Å². The molecule has 2 spiro atoms. The number of rotatable bonds is 4. The molecule has 0 aromatic carbocycles. The van der Waals surface area contributed by atoms with E-state index in [0.717, 1.165) is 32.0 Å². The Morgan fingerprint density at radius 2 is 1.45 bits per heavy atom. The molecule has 0 bridgehead atoms. The first kappa shape index (κ1) is 24.3. The second-order valence-electron chi connectivity index (χ2n) is 12.3. The van der Waals surface area contributed by atoms with E-state index >= 15 is 0 Å². The van der Waals surface area contributed by atoms with Crippen LogP contribution in [0, 0.1) is 16.7 Å². The maximum Gasteiger partial charge on any atom is 0.453 e. The second kappa shape index (κ2) is 7.65. The van der Waals surface area contributed by atoms with Crippen molar-refractivity contribution in [3.8, 4) is 0 Å². The summed E-state index contributed by atoms with van der Waals surface area (Å²) in [5.41, 5.74) is -0.527. The maximum absolute atomic E-state index is 13.5. The second-order valence-corrected chi connectivity index (χ2v) is 12.3. The number of amides is 2. The van der Waals surface area contributed by atoms with Crippen LogP contribution in [-0.4, -0.2) is 66.6 Å². The fourth-order valence-electron chi connectivity index (χ4n) is 7.19. The van der Waals surface area contributed by atoms with Crippen molar-refractivity contribution in [3.05, 3.63) is 29.6 Å². The minimum atomic E-state index is -4.56. The van der Waals surface area contributed by atoms with Crippen LogP contribution >= 0.6 is 0 Å². The van der Waals surface area contributed by atoms with Crippen molar-refractivity contribution >= 4 is 6.03 Å². The van der Waals surface area contributed by atoms with Gasteiger partial charge in [0.05, 0.1) is 12.1 Å². The molecule has 0 radical (unpaired) electrons. The molecule has 0 N–H and O–H groups in total. The number of likely N-dealkylation sites (tertiary alicyclic amines) is 2. The molecule has 2 aromatic heterocycles. The summed E-state index contributed by atoms with van der Waals surface area (Å²) in [4.78, 5) is 19.8. The standard InChI is InChI=1S/C24H27F6N7O/c25-23(26,27)18-15(8-36(32-18)16-1-2-16)3-14-4-21(5-14)9-34(10-21)20(38)35-11-22(12-35)6-17(7-22)37-13-31-19(33-37)24(28,29)30/h8,13-14,16-17H,1-7,9-12H2. The van der Waals surface area contributed by atoms with Crippen LogP contribution < -0.4 is 0 Å². The van der Waals surface area contributed by atoms with Crippen LogP contribution in [-0.2, 0) is 18.8 Å². The molecule has 2 aliphatic heterocycles. The van der Waals surface area contributed by atoms with E-state index in [1.54, 1.807) is 16.0 Å². The smallest absolute Gasteiger partial charge is 0.323 e. The minimum absolute atomic E-state index is 0.0125. The zero-order chi connectivity index (χ0) is 26.7. The predicted molar refractivity (Wildman–Crippen MR) is 119 cm³/mol. The van der Waals surface area contributed by atoms with Crippen LogP contribution in [0.25, 0.3) is 0 Å². The summed E-state index contributed by atoms with van der Waals surface area (Å²) in [6, 6.07) is -0.0670. The molecule has 0 atom stereocenters. The first-order valence-electron chi connectivity index (χ1n) is 13.0. The molecule has 8 nitrogen and oxygen atoms in total. The van der Waals surface area contributed by atoms with E-state index in [2.05, 4.69) is 15.2 Å². The monoisotopic (exact) mass is 543 g/mol. The van der Waals surface area contributed by atoms with Gasteiger partial charge in [-0.1, -0.05) is 0 Å². The largest absolute Gasteiger partial charge is 0.453 e. The van der Waals surface area contributed by atoms with Crippen LogP contribution in [0.4, 0.5) is 31.1 Å². The third-order valence-electron chi connectivity index (χ3n) is 9.07. The molecule has 7 rings (SSSR count). The highest BCUT2D eigenvalue weighted by molar-refractivity contribution is 5.77. The number of carbonyl (C=O) groups excluding carboxylic acids is 1. The number of hydrogen-bond acceptors (Lipinski definition) is 4. The molecule has 2 saturated heterocycles. The Kier molecular flexibility index (Phi) is 4.88. The van der Waals surface area contributed by atoms with E-state index in [0.29, 0.717) is 45.4 Å². The molecule has 3 saturated carbocycles. The lowest BCUT2D eigenvalue weighted by Crippen LogP contribution is -2.71. The average molecular weight is 544 g/mol. The van der Waals surface area contributed by atoms with Gasteiger partial charge in [-0.2, -0.15) is 31.4 Å². The normalized spacial score (nSPS) is 24.8. The van der Waals surface area contributed by atoms with Gasteiger partial charge in [-0.25, -0.2) is 14.5 Å². The van der Waals surface area contributed by atoms with E-state index in [9.17, 15) is 31.1 Å². The molecule has 0 unspecified atom stereocenters. The summed E-state index contributed by atoms with van der Waals surface area (Å²) >= 11 is 0. The molecule has 3 aliphatic carbocycles. The molecule has 38 heavy (non-hydrogen) atoms. The summed E-state index contributed by atoms with van der Waals surface area (Å²) in [6.45, 7) is 2.42. The van der Waals surface area contributed by atoms with E-state index in [1.165, 1.54) is 9.36 Å². The maximum atomic E-state index is 13.5. The summed E-state index contributed by atoms with van der Waals surface area (Å²) in [6.07, 6.45) is -1.25. The zero-order valence-electron chi connectivity index (χ0n) is 20.5. The van der Waals surface area contributed by atoms with E-state index in [-0.39, 0.29) is 40.4 Å². The summed E-state index contributed by atoms with van der Waals surface area (Å²) in [7, 11) is 0. The van der Waals surface area contributed by atoms with Gasteiger partial charge in [0.15, 0.2) is 5.69 Å². The fraction of sp³-hybridized carbons (Fsp3) is 0.750. The SMILES string of the molecule is O=C(N1CC2(CC(Cc3cn(C4CC4)nc3C(F)(F)F)C2)C1)N1CC2(CC(n3cnc(C(F)(F)F)n3)C2)C1. The zero-order valence-corrected chi connectivity index (χ0v) is 20.5. The Balaban J connectivity index is 0.869. The summed E-state index contributed by atoms with van der Waals surface area (Å²) in [5.74, 6) is -0.970. The van der Waals surface area contributed by atoms with Crippen LogP contribution in [0.1, 0.15) is 67.7 Å². The molecule has 5 aliphatic rings. The highest BCUT2D eigenvalue weighted by atomic mass is 19.4. The lowest BCUT2D eigenvalue weighted by Gasteiger charge is -2.63. The highest BCUT2D eigenvalue weighted by Crippen LogP contribution is 2.56. The van der Waals surface area contributed by atoms with Gasteiger partial charge in [0, 0.05) is 48.8 Å². The van der Waals surface area contributed by atoms with Gasteiger partial charge in [0.2, 0.25) is 0 Å². The van der Waals surface area contributed by atoms with Crippen molar-refractivity contribution in [2.24, 2.45) is 16.7 Å². The van der Waals surface area contributed by atoms with Gasteiger partial charge in [-0.15, -0.1) is 5.10 Å². The molecule has 4 heterocycles. The summed E-state index contributed by atoms with van der Waals surface area (Å²) < 4.78 is 81.3. The first-order chi connectivity index (χ1) is 17.8. The number of nitrogens with zero attached hydrogens (tertiary/aromatic N) is 7. The molecule has 206 valence electrons. The van der Waals surface area contributed by atoms with E-state index in [4.69, 9.17) is 0 Å². The molecule has 2 amide bonds. The number of urea groups is 1. The fourth-order valence-corrected chi connectivity index (χ4v) is 7.19.